The van der Waals surface area contributed by atoms with Crippen molar-refractivity contribution in [2.24, 2.45) is 0 Å². The van der Waals surface area contributed by atoms with E-state index in [0.717, 1.165) is 12.1 Å². The molecule has 0 saturated heterocycles. The van der Waals surface area contributed by atoms with Gasteiger partial charge in [-0.1, -0.05) is 29.4 Å². The van der Waals surface area contributed by atoms with Gasteiger partial charge in [0.25, 0.3) is 0 Å². The van der Waals surface area contributed by atoms with Gasteiger partial charge in [-0.15, -0.1) is 0 Å². The summed E-state index contributed by atoms with van der Waals surface area (Å²) in [5, 5.41) is 12.0. The molecule has 0 fully saturated rings. The molecular formula is C13H8ClF3N4S. The molecule has 0 atom stereocenters. The maximum absolute atomic E-state index is 12.7. The highest BCUT2D eigenvalue weighted by Gasteiger charge is 2.30. The van der Waals surface area contributed by atoms with Crippen molar-refractivity contribution >= 4 is 34.9 Å². The number of thioether (sulfide) groups is 1. The fourth-order valence-electron chi connectivity index (χ4n) is 1.60. The monoisotopic (exact) mass is 344 g/mol. The zero-order valence-electron chi connectivity index (χ0n) is 11.1. The summed E-state index contributed by atoms with van der Waals surface area (Å²) in [6, 6.07) is 6.41. The maximum Gasteiger partial charge on any atom is 0.416 e. The largest absolute Gasteiger partial charge is 0.416 e. The van der Waals surface area contributed by atoms with Crippen molar-refractivity contribution in [3.05, 3.63) is 40.5 Å². The van der Waals surface area contributed by atoms with Gasteiger partial charge in [-0.25, -0.2) is 9.97 Å². The third-order valence-electron chi connectivity index (χ3n) is 2.59. The number of rotatable bonds is 3. The van der Waals surface area contributed by atoms with Crippen molar-refractivity contribution in [1.29, 1.82) is 5.26 Å². The lowest BCUT2D eigenvalue weighted by molar-refractivity contribution is -0.137. The van der Waals surface area contributed by atoms with Crippen LogP contribution in [0.4, 0.5) is 24.7 Å². The molecule has 0 saturated carbocycles. The van der Waals surface area contributed by atoms with Crippen molar-refractivity contribution in [2.75, 3.05) is 11.6 Å². The van der Waals surface area contributed by atoms with Crippen LogP contribution in [0.1, 0.15) is 11.1 Å². The molecule has 0 radical (unpaired) electrons. The van der Waals surface area contributed by atoms with E-state index in [1.165, 1.54) is 23.9 Å². The quantitative estimate of drug-likeness (QED) is 0.505. The first-order valence-corrected chi connectivity index (χ1v) is 7.41. The van der Waals surface area contributed by atoms with Gasteiger partial charge in [0.05, 0.1) is 5.56 Å². The van der Waals surface area contributed by atoms with Crippen molar-refractivity contribution in [3.63, 3.8) is 0 Å². The van der Waals surface area contributed by atoms with Crippen molar-refractivity contribution in [3.8, 4) is 6.07 Å². The first-order chi connectivity index (χ1) is 10.3. The molecule has 1 aromatic carbocycles. The van der Waals surface area contributed by atoms with E-state index in [0.29, 0.717) is 5.16 Å². The predicted molar refractivity (Wildman–Crippen MR) is 78.3 cm³/mol. The Morgan fingerprint density at radius 2 is 2.05 bits per heavy atom. The number of nitrogens with one attached hydrogen (secondary N) is 1. The highest BCUT2D eigenvalue weighted by Crippen LogP contribution is 2.32. The minimum atomic E-state index is -4.45. The summed E-state index contributed by atoms with van der Waals surface area (Å²) in [5.74, 6) is 0.0613. The lowest BCUT2D eigenvalue weighted by Gasteiger charge is -2.12. The smallest absolute Gasteiger partial charge is 0.339 e. The summed E-state index contributed by atoms with van der Waals surface area (Å²) < 4.78 is 38.1. The van der Waals surface area contributed by atoms with Gasteiger partial charge in [-0.3, -0.25) is 0 Å². The molecule has 1 aromatic heterocycles. The molecule has 2 rings (SSSR count). The third-order valence-corrected chi connectivity index (χ3v) is 3.41. The predicted octanol–water partition coefficient (Wildman–Crippen LogP) is 4.49. The van der Waals surface area contributed by atoms with Crippen molar-refractivity contribution in [2.45, 2.75) is 11.3 Å². The Morgan fingerprint density at radius 3 is 2.64 bits per heavy atom. The SMILES string of the molecule is CSc1nc(Cl)c(C#N)c(Nc2cccc(C(F)(F)F)c2)n1. The number of halogens is 4. The van der Waals surface area contributed by atoms with E-state index in [9.17, 15) is 13.2 Å². The fraction of sp³-hybridized carbons (Fsp3) is 0.154. The Bertz CT molecular complexity index is 743. The number of nitriles is 1. The summed E-state index contributed by atoms with van der Waals surface area (Å²) in [5.41, 5.74) is -0.689. The van der Waals surface area contributed by atoms with E-state index >= 15 is 0 Å². The molecule has 9 heteroatoms. The Kier molecular flexibility index (Phi) is 4.78. The van der Waals surface area contributed by atoms with Gasteiger partial charge in [0.15, 0.2) is 16.1 Å². The Labute approximate surface area is 133 Å². The highest BCUT2D eigenvalue weighted by atomic mass is 35.5. The number of anilines is 2. The second kappa shape index (κ2) is 6.42. The van der Waals surface area contributed by atoms with Crippen molar-refractivity contribution in [1.82, 2.24) is 9.97 Å². The van der Waals surface area contributed by atoms with Crippen LogP contribution in [-0.2, 0) is 6.18 Å². The summed E-state index contributed by atoms with van der Waals surface area (Å²) in [6.45, 7) is 0. The van der Waals surface area contributed by atoms with Gasteiger partial charge in [-0.05, 0) is 24.5 Å². The molecule has 2 aromatic rings. The standard InChI is InChI=1S/C13H8ClF3N4S/c1-22-12-20-10(14)9(6-18)11(21-12)19-8-4-2-3-7(5-8)13(15,16)17/h2-5H,1H3,(H,19,20,21). The molecule has 22 heavy (non-hydrogen) atoms. The number of nitrogens with zero attached hydrogens (tertiary/aromatic N) is 3. The normalized spacial score (nSPS) is 11.1. The van der Waals surface area contributed by atoms with Gasteiger partial charge in [0.1, 0.15) is 11.6 Å². The number of hydrogen-bond acceptors (Lipinski definition) is 5. The van der Waals surface area contributed by atoms with Crippen LogP contribution in [0.3, 0.4) is 0 Å². The first-order valence-electron chi connectivity index (χ1n) is 5.81. The van der Waals surface area contributed by atoms with E-state index in [2.05, 4.69) is 15.3 Å². The van der Waals surface area contributed by atoms with Crippen LogP contribution >= 0.6 is 23.4 Å². The molecule has 4 nitrogen and oxygen atoms in total. The molecule has 1 N–H and O–H groups in total. The average Bonchev–Trinajstić information content (AvgIpc) is 2.46. The van der Waals surface area contributed by atoms with E-state index in [4.69, 9.17) is 16.9 Å². The fourth-order valence-corrected chi connectivity index (χ4v) is 2.23. The van der Waals surface area contributed by atoms with Crippen LogP contribution in [0.25, 0.3) is 0 Å². The number of hydrogen-bond donors (Lipinski definition) is 1. The van der Waals surface area contributed by atoms with Gasteiger partial charge in [-0.2, -0.15) is 18.4 Å². The maximum atomic E-state index is 12.7. The molecule has 0 aliphatic heterocycles. The number of benzene rings is 1. The van der Waals surface area contributed by atoms with Gasteiger partial charge in [0.2, 0.25) is 0 Å². The van der Waals surface area contributed by atoms with E-state index in [1.807, 2.05) is 6.07 Å². The number of aromatic nitrogens is 2. The number of alkyl halides is 3. The molecule has 0 aliphatic rings. The summed E-state index contributed by atoms with van der Waals surface area (Å²) in [6.07, 6.45) is -2.74. The lowest BCUT2D eigenvalue weighted by Crippen LogP contribution is -2.06. The Morgan fingerprint density at radius 1 is 1.32 bits per heavy atom. The van der Waals surface area contributed by atoms with Crippen LogP contribution in [0.5, 0.6) is 0 Å². The molecular weight excluding hydrogens is 337 g/mol. The molecule has 0 aliphatic carbocycles. The summed E-state index contributed by atoms with van der Waals surface area (Å²) >= 11 is 7.07. The van der Waals surface area contributed by atoms with E-state index < -0.39 is 11.7 Å². The van der Waals surface area contributed by atoms with E-state index in [1.54, 1.807) is 6.26 Å². The van der Waals surface area contributed by atoms with Gasteiger partial charge >= 0.3 is 6.18 Å². The molecule has 0 bridgehead atoms. The van der Waals surface area contributed by atoms with Gasteiger partial charge < -0.3 is 5.32 Å². The third kappa shape index (κ3) is 3.61. The van der Waals surface area contributed by atoms with Gasteiger partial charge in [0, 0.05) is 5.69 Å². The van der Waals surface area contributed by atoms with Crippen molar-refractivity contribution < 1.29 is 13.2 Å². The zero-order valence-corrected chi connectivity index (χ0v) is 12.6. The zero-order chi connectivity index (χ0) is 16.3. The molecule has 0 unspecified atom stereocenters. The molecule has 114 valence electrons. The minimum absolute atomic E-state index is 0.0307. The second-order valence-corrected chi connectivity index (χ2v) is 5.17. The lowest BCUT2D eigenvalue weighted by atomic mass is 10.2. The van der Waals surface area contributed by atoms with Crippen LogP contribution in [-0.4, -0.2) is 16.2 Å². The highest BCUT2D eigenvalue weighted by molar-refractivity contribution is 7.98. The van der Waals surface area contributed by atoms with E-state index in [-0.39, 0.29) is 22.2 Å². The summed E-state index contributed by atoms with van der Waals surface area (Å²) in [4.78, 5) is 7.96. The minimum Gasteiger partial charge on any atom is -0.339 e. The van der Waals surface area contributed by atoms with Crippen LogP contribution in [0.2, 0.25) is 5.15 Å². The summed E-state index contributed by atoms with van der Waals surface area (Å²) in [7, 11) is 0. The molecule has 0 amide bonds. The first kappa shape index (κ1) is 16.4. The molecule has 0 spiro atoms. The van der Waals surface area contributed by atoms with Crippen LogP contribution in [0.15, 0.2) is 29.4 Å². The van der Waals surface area contributed by atoms with Crippen LogP contribution in [0, 0.1) is 11.3 Å². The average molecular weight is 345 g/mol. The molecule has 1 heterocycles. The Hall–Kier alpha value is -1.98. The topological polar surface area (TPSA) is 61.6 Å². The van der Waals surface area contributed by atoms with Crippen LogP contribution < -0.4 is 5.32 Å². The second-order valence-electron chi connectivity index (χ2n) is 4.04. The Balaban J connectivity index is 2.43.